The van der Waals surface area contributed by atoms with Gasteiger partial charge in [-0.2, -0.15) is 0 Å². The Kier molecular flexibility index (Phi) is 3.84. The Hall–Kier alpha value is -1.58. The third-order valence-corrected chi connectivity index (χ3v) is 3.67. The van der Waals surface area contributed by atoms with Crippen LogP contribution < -0.4 is 4.90 Å². The summed E-state index contributed by atoms with van der Waals surface area (Å²) in [6, 6.07) is 4.25. The van der Waals surface area contributed by atoms with Gasteiger partial charge in [-0.25, -0.2) is 4.98 Å². The molecule has 1 atom stereocenters. The predicted molar refractivity (Wildman–Crippen MR) is 72.5 cm³/mol. The lowest BCUT2D eigenvalue weighted by Crippen LogP contribution is -2.30. The molecule has 1 aromatic heterocycles. The van der Waals surface area contributed by atoms with Crippen LogP contribution in [0.15, 0.2) is 18.3 Å². The van der Waals surface area contributed by atoms with Crippen LogP contribution in [0.3, 0.4) is 0 Å². The third-order valence-electron chi connectivity index (χ3n) is 3.67. The van der Waals surface area contributed by atoms with E-state index in [4.69, 9.17) is 0 Å². The highest BCUT2D eigenvalue weighted by Gasteiger charge is 2.30. The molecule has 0 spiro atoms. The molecule has 4 nitrogen and oxygen atoms in total. The summed E-state index contributed by atoms with van der Waals surface area (Å²) < 4.78 is 0. The quantitative estimate of drug-likeness (QED) is 0.821. The highest BCUT2D eigenvalue weighted by molar-refractivity contribution is 5.74. The van der Waals surface area contributed by atoms with E-state index in [9.17, 15) is 4.79 Å². The second-order valence-corrected chi connectivity index (χ2v) is 4.80. The van der Waals surface area contributed by atoms with Crippen molar-refractivity contribution in [3.8, 4) is 0 Å². The number of anilines is 1. The number of rotatable bonds is 3. The van der Waals surface area contributed by atoms with Crippen molar-refractivity contribution in [1.29, 1.82) is 0 Å². The molecule has 4 heteroatoms. The number of nitrogens with zero attached hydrogens (tertiary/aromatic N) is 3. The molecule has 1 aliphatic rings. The van der Waals surface area contributed by atoms with Gasteiger partial charge in [0.25, 0.3) is 0 Å². The summed E-state index contributed by atoms with van der Waals surface area (Å²) in [5.74, 6) is 1.16. The second-order valence-electron chi connectivity index (χ2n) is 4.80. The number of carbonyl (C=O) groups is 1. The van der Waals surface area contributed by atoms with Crippen LogP contribution in [0.4, 0.5) is 5.82 Å². The zero-order valence-corrected chi connectivity index (χ0v) is 11.4. The standard InChI is InChI=1S/C14H21N3O/c1-4-16(3)14-12(7-5-9-15-14)13-8-6-10-17(13)11(2)18/h5,7,9,13H,4,6,8,10H2,1-3H3/t13-/m1/s1. The van der Waals surface area contributed by atoms with E-state index in [1.807, 2.05) is 24.2 Å². The van der Waals surface area contributed by atoms with Crippen LogP contribution in [0.1, 0.15) is 38.3 Å². The Balaban J connectivity index is 2.35. The molecule has 0 radical (unpaired) electrons. The summed E-state index contributed by atoms with van der Waals surface area (Å²) in [6.45, 7) is 5.54. The van der Waals surface area contributed by atoms with Crippen LogP contribution in [0, 0.1) is 0 Å². The maximum Gasteiger partial charge on any atom is 0.219 e. The molecule has 0 bridgehead atoms. The molecule has 2 heterocycles. The summed E-state index contributed by atoms with van der Waals surface area (Å²) in [5.41, 5.74) is 1.18. The molecule has 0 unspecified atom stereocenters. The van der Waals surface area contributed by atoms with Crippen molar-refractivity contribution in [1.82, 2.24) is 9.88 Å². The second kappa shape index (κ2) is 5.38. The van der Waals surface area contributed by atoms with E-state index in [-0.39, 0.29) is 11.9 Å². The Bertz CT molecular complexity index is 433. The predicted octanol–water partition coefficient (Wildman–Crippen LogP) is 2.22. The van der Waals surface area contributed by atoms with Crippen LogP contribution in [-0.2, 0) is 4.79 Å². The van der Waals surface area contributed by atoms with E-state index in [0.717, 1.165) is 31.7 Å². The van der Waals surface area contributed by atoms with Gasteiger partial charge < -0.3 is 9.80 Å². The van der Waals surface area contributed by atoms with Crippen LogP contribution in [0.2, 0.25) is 0 Å². The number of amides is 1. The third kappa shape index (κ3) is 2.33. The maximum atomic E-state index is 11.7. The molecule has 0 saturated carbocycles. The fourth-order valence-corrected chi connectivity index (χ4v) is 2.61. The minimum absolute atomic E-state index is 0.159. The number of carbonyl (C=O) groups excluding carboxylic acids is 1. The molecule has 98 valence electrons. The fraction of sp³-hybridized carbons (Fsp3) is 0.571. The number of likely N-dealkylation sites (tertiary alicyclic amines) is 1. The van der Waals surface area contributed by atoms with Crippen molar-refractivity contribution < 1.29 is 4.79 Å². The Labute approximate surface area is 109 Å². The minimum atomic E-state index is 0.159. The highest BCUT2D eigenvalue weighted by atomic mass is 16.2. The van der Waals surface area contributed by atoms with Gasteiger partial charge in [0.1, 0.15) is 5.82 Å². The van der Waals surface area contributed by atoms with E-state index >= 15 is 0 Å². The zero-order chi connectivity index (χ0) is 13.1. The van der Waals surface area contributed by atoms with Crippen LogP contribution in [0.25, 0.3) is 0 Å². The molecule has 0 N–H and O–H groups in total. The van der Waals surface area contributed by atoms with E-state index in [0.29, 0.717) is 0 Å². The Morgan fingerprint density at radius 2 is 2.39 bits per heavy atom. The van der Waals surface area contributed by atoms with Gasteiger partial charge in [-0.3, -0.25) is 4.79 Å². The summed E-state index contributed by atoms with van der Waals surface area (Å²) in [4.78, 5) is 20.2. The monoisotopic (exact) mass is 247 g/mol. The average Bonchev–Trinajstić information content (AvgIpc) is 2.87. The van der Waals surface area contributed by atoms with Gasteiger partial charge in [0.15, 0.2) is 0 Å². The lowest BCUT2D eigenvalue weighted by Gasteiger charge is -2.27. The first-order valence-corrected chi connectivity index (χ1v) is 6.58. The van der Waals surface area contributed by atoms with E-state index in [1.165, 1.54) is 5.56 Å². The maximum absolute atomic E-state index is 11.7. The van der Waals surface area contributed by atoms with E-state index < -0.39 is 0 Å². The van der Waals surface area contributed by atoms with Crippen molar-refractivity contribution in [2.45, 2.75) is 32.7 Å². The largest absolute Gasteiger partial charge is 0.360 e. The van der Waals surface area contributed by atoms with Crippen molar-refractivity contribution >= 4 is 11.7 Å². The van der Waals surface area contributed by atoms with Gasteiger partial charge in [0.05, 0.1) is 6.04 Å². The lowest BCUT2D eigenvalue weighted by atomic mass is 10.0. The van der Waals surface area contributed by atoms with Gasteiger partial charge >= 0.3 is 0 Å². The van der Waals surface area contributed by atoms with Crippen molar-refractivity contribution in [2.75, 3.05) is 25.0 Å². The Morgan fingerprint density at radius 1 is 1.61 bits per heavy atom. The molecule has 1 fully saturated rings. The number of pyridine rings is 1. The number of hydrogen-bond donors (Lipinski definition) is 0. The van der Waals surface area contributed by atoms with E-state index in [1.54, 1.807) is 6.92 Å². The van der Waals surface area contributed by atoms with Gasteiger partial charge in [-0.05, 0) is 25.8 Å². The smallest absolute Gasteiger partial charge is 0.219 e. The molecule has 1 aliphatic heterocycles. The topological polar surface area (TPSA) is 36.4 Å². The van der Waals surface area contributed by atoms with Crippen LogP contribution >= 0.6 is 0 Å². The first-order chi connectivity index (χ1) is 8.65. The normalized spacial score (nSPS) is 19.1. The van der Waals surface area contributed by atoms with Crippen LogP contribution in [-0.4, -0.2) is 35.9 Å². The molecular weight excluding hydrogens is 226 g/mol. The molecular formula is C14H21N3O. The molecule has 0 aromatic carbocycles. The summed E-state index contributed by atoms with van der Waals surface area (Å²) in [6.07, 6.45) is 3.93. The first-order valence-electron chi connectivity index (χ1n) is 6.58. The molecule has 1 aromatic rings. The SMILES string of the molecule is CCN(C)c1ncccc1[C@H]1CCCN1C(C)=O. The first kappa shape index (κ1) is 12.9. The van der Waals surface area contributed by atoms with Crippen molar-refractivity contribution in [2.24, 2.45) is 0 Å². The Morgan fingerprint density at radius 3 is 3.06 bits per heavy atom. The van der Waals surface area contributed by atoms with Gasteiger partial charge in [-0.1, -0.05) is 6.07 Å². The lowest BCUT2D eigenvalue weighted by molar-refractivity contribution is -0.129. The summed E-state index contributed by atoms with van der Waals surface area (Å²) >= 11 is 0. The van der Waals surface area contributed by atoms with Gasteiger partial charge in [0, 0.05) is 38.8 Å². The van der Waals surface area contributed by atoms with Crippen LogP contribution in [0.5, 0.6) is 0 Å². The van der Waals surface area contributed by atoms with Gasteiger partial charge in [0.2, 0.25) is 5.91 Å². The molecule has 1 amide bonds. The van der Waals surface area contributed by atoms with Gasteiger partial charge in [-0.15, -0.1) is 0 Å². The van der Waals surface area contributed by atoms with E-state index in [2.05, 4.69) is 22.9 Å². The summed E-state index contributed by atoms with van der Waals surface area (Å²) in [7, 11) is 2.04. The van der Waals surface area contributed by atoms with Crippen molar-refractivity contribution in [3.05, 3.63) is 23.9 Å². The zero-order valence-electron chi connectivity index (χ0n) is 11.4. The number of hydrogen-bond acceptors (Lipinski definition) is 3. The average molecular weight is 247 g/mol. The molecule has 1 saturated heterocycles. The molecule has 0 aliphatic carbocycles. The highest BCUT2D eigenvalue weighted by Crippen LogP contribution is 2.35. The molecule has 2 rings (SSSR count). The number of aromatic nitrogens is 1. The fourth-order valence-electron chi connectivity index (χ4n) is 2.61. The molecule has 18 heavy (non-hydrogen) atoms. The summed E-state index contributed by atoms with van der Waals surface area (Å²) in [5, 5.41) is 0. The minimum Gasteiger partial charge on any atom is -0.360 e. The van der Waals surface area contributed by atoms with Crippen molar-refractivity contribution in [3.63, 3.8) is 0 Å².